The highest BCUT2D eigenvalue weighted by atomic mass is 16.7. The van der Waals surface area contributed by atoms with Gasteiger partial charge in [-0.25, -0.2) is 4.98 Å². The average molecular weight is 435 g/mol. The second-order valence-corrected chi connectivity index (χ2v) is 11.9. The molecular weight excluding hydrogens is 404 g/mol. The van der Waals surface area contributed by atoms with Crippen molar-refractivity contribution in [2.45, 2.75) is 78.2 Å². The molecule has 1 aromatic carbocycles. The molecule has 2 aromatic rings. The van der Waals surface area contributed by atoms with Crippen LogP contribution in [0.1, 0.15) is 59.4 Å². The highest BCUT2D eigenvalue weighted by Gasteiger charge is 2.72. The van der Waals surface area contributed by atoms with Gasteiger partial charge in [-0.2, -0.15) is 0 Å². The molecule has 168 valence electrons. The van der Waals surface area contributed by atoms with Crippen LogP contribution in [0.2, 0.25) is 0 Å². The van der Waals surface area contributed by atoms with Gasteiger partial charge in [0.15, 0.2) is 5.41 Å². The number of pyridine rings is 1. The van der Waals surface area contributed by atoms with E-state index < -0.39 is 23.1 Å². The Morgan fingerprint density at radius 2 is 1.69 bits per heavy atom. The fraction of sp³-hybridized carbons (Fsp3) is 0.577. The number of carbonyl (C=O) groups excluding carboxylic acids is 2. The summed E-state index contributed by atoms with van der Waals surface area (Å²) in [5, 5.41) is 1.01. The molecule has 3 fully saturated rings. The van der Waals surface area contributed by atoms with Crippen molar-refractivity contribution in [3.8, 4) is 0 Å². The third-order valence-corrected chi connectivity index (χ3v) is 8.07. The summed E-state index contributed by atoms with van der Waals surface area (Å²) < 4.78 is 11.5. The summed E-state index contributed by atoms with van der Waals surface area (Å²) in [6, 6.07) is 9.99. The van der Waals surface area contributed by atoms with E-state index in [1.165, 1.54) is 0 Å². The van der Waals surface area contributed by atoms with Gasteiger partial charge in [0.2, 0.25) is 0 Å². The number of para-hydroxylation sites is 1. The topological polar surface area (TPSA) is 68.7 Å². The number of esters is 2. The highest BCUT2D eigenvalue weighted by Crippen LogP contribution is 2.64. The van der Waals surface area contributed by atoms with E-state index in [0.29, 0.717) is 0 Å². The van der Waals surface area contributed by atoms with Gasteiger partial charge < -0.3 is 14.4 Å². The molecule has 32 heavy (non-hydrogen) atoms. The van der Waals surface area contributed by atoms with E-state index in [2.05, 4.69) is 31.7 Å². The monoisotopic (exact) mass is 434 g/mol. The van der Waals surface area contributed by atoms with Gasteiger partial charge in [-0.05, 0) is 47.8 Å². The zero-order chi connectivity index (χ0) is 22.7. The maximum Gasteiger partial charge on any atom is 0.329 e. The Morgan fingerprint density at radius 1 is 1.00 bits per heavy atom. The minimum atomic E-state index is -1.38. The lowest BCUT2D eigenvalue weighted by molar-refractivity contribution is -0.255. The molecular formula is C26H30N2O4. The van der Waals surface area contributed by atoms with Gasteiger partial charge in [-0.1, -0.05) is 39.0 Å². The predicted octanol–water partition coefficient (Wildman–Crippen LogP) is 4.39. The number of aromatic nitrogens is 1. The van der Waals surface area contributed by atoms with Crippen LogP contribution in [0.25, 0.3) is 10.9 Å². The number of carbonyl (C=O) groups is 2. The Balaban J connectivity index is 1.62. The van der Waals surface area contributed by atoms with Gasteiger partial charge >= 0.3 is 11.9 Å². The number of fused-ring (bicyclic) bond motifs is 9. The minimum absolute atomic E-state index is 0.106. The average Bonchev–Trinajstić information content (AvgIpc) is 2.90. The van der Waals surface area contributed by atoms with E-state index in [1.54, 1.807) is 13.8 Å². The number of cyclic esters (lactones) is 2. The number of rotatable bonds is 0. The van der Waals surface area contributed by atoms with Crippen LogP contribution in [0, 0.1) is 16.2 Å². The Labute approximate surface area is 188 Å². The summed E-state index contributed by atoms with van der Waals surface area (Å²) in [6.07, 6.45) is 3.13. The van der Waals surface area contributed by atoms with Crippen molar-refractivity contribution in [2.75, 3.05) is 4.90 Å². The number of benzene rings is 1. The Hall–Kier alpha value is -2.63. The van der Waals surface area contributed by atoms with Gasteiger partial charge in [0.25, 0.3) is 5.79 Å². The largest absolute Gasteiger partial charge is 0.422 e. The summed E-state index contributed by atoms with van der Waals surface area (Å²) in [7, 11) is 0. The summed E-state index contributed by atoms with van der Waals surface area (Å²) in [6.45, 7) is 10.1. The van der Waals surface area contributed by atoms with Crippen LogP contribution >= 0.6 is 0 Å². The van der Waals surface area contributed by atoms with E-state index >= 15 is 0 Å². The molecule has 6 nitrogen and oxygen atoms in total. The van der Waals surface area contributed by atoms with E-state index in [1.807, 2.05) is 24.3 Å². The third-order valence-electron chi connectivity index (χ3n) is 8.07. The van der Waals surface area contributed by atoms with E-state index in [4.69, 9.17) is 14.5 Å². The lowest BCUT2D eigenvalue weighted by atomic mass is 9.57. The lowest BCUT2D eigenvalue weighted by Crippen LogP contribution is -2.67. The zero-order valence-corrected chi connectivity index (χ0v) is 19.4. The smallest absolute Gasteiger partial charge is 0.329 e. The molecule has 3 aliphatic heterocycles. The molecule has 1 spiro atoms. The number of hydrogen-bond donors (Lipinski definition) is 0. The van der Waals surface area contributed by atoms with E-state index in [-0.39, 0.29) is 29.3 Å². The standard InChI is InChI=1S/C26H30N2O4/c1-23(2)12-17-13-25(5,14-23)20-26(21(29)31-24(3,4)32-22(26)30)11-16-10-15-8-6-7-9-18(15)27-19(16)28(17)20/h6-10,17,20H,11-14H2,1-5H3/t17-,20-,25+/m0/s1. The molecule has 2 saturated heterocycles. The van der Waals surface area contributed by atoms with Gasteiger partial charge in [0.05, 0.1) is 11.6 Å². The first-order valence-corrected chi connectivity index (χ1v) is 11.6. The van der Waals surface area contributed by atoms with Crippen LogP contribution in [0.15, 0.2) is 30.3 Å². The Morgan fingerprint density at radius 3 is 2.41 bits per heavy atom. The maximum absolute atomic E-state index is 13.7. The van der Waals surface area contributed by atoms with Gasteiger partial charge in [-0.15, -0.1) is 0 Å². The highest BCUT2D eigenvalue weighted by molar-refractivity contribution is 6.05. The first-order valence-electron chi connectivity index (χ1n) is 11.6. The molecule has 3 atom stereocenters. The summed E-state index contributed by atoms with van der Waals surface area (Å²) >= 11 is 0. The first-order chi connectivity index (χ1) is 14.9. The molecule has 4 aliphatic rings. The number of nitrogens with zero attached hydrogens (tertiary/aromatic N) is 2. The fourth-order valence-electron chi connectivity index (χ4n) is 7.57. The van der Waals surface area contributed by atoms with Crippen molar-refractivity contribution in [3.63, 3.8) is 0 Å². The van der Waals surface area contributed by atoms with Crippen molar-refractivity contribution in [1.82, 2.24) is 4.98 Å². The molecule has 0 amide bonds. The van der Waals surface area contributed by atoms with Gasteiger partial charge in [-0.3, -0.25) is 9.59 Å². The van der Waals surface area contributed by atoms with Crippen molar-refractivity contribution in [1.29, 1.82) is 0 Å². The number of ether oxygens (including phenoxy) is 2. The zero-order valence-electron chi connectivity index (χ0n) is 19.4. The second-order valence-electron chi connectivity index (χ2n) is 11.9. The van der Waals surface area contributed by atoms with Crippen LogP contribution in [0.3, 0.4) is 0 Å². The van der Waals surface area contributed by atoms with Crippen LogP contribution in [0.5, 0.6) is 0 Å². The summed E-state index contributed by atoms with van der Waals surface area (Å²) in [5.41, 5.74) is 0.354. The minimum Gasteiger partial charge on any atom is -0.422 e. The normalized spacial score (nSPS) is 33.5. The maximum atomic E-state index is 13.7. The molecule has 0 radical (unpaired) electrons. The number of anilines is 1. The summed E-state index contributed by atoms with van der Waals surface area (Å²) in [4.78, 5) is 34.9. The molecule has 6 heteroatoms. The molecule has 4 heterocycles. The summed E-state index contributed by atoms with van der Waals surface area (Å²) in [5.74, 6) is -1.26. The van der Waals surface area contributed by atoms with Crippen LogP contribution in [-0.2, 0) is 25.5 Å². The Bertz CT molecular complexity index is 1170. The van der Waals surface area contributed by atoms with E-state index in [9.17, 15) is 9.59 Å². The molecule has 6 rings (SSSR count). The third kappa shape index (κ3) is 2.49. The van der Waals surface area contributed by atoms with Crippen molar-refractivity contribution in [2.24, 2.45) is 16.2 Å². The molecule has 0 unspecified atom stereocenters. The second kappa shape index (κ2) is 5.83. The predicted molar refractivity (Wildman–Crippen MR) is 120 cm³/mol. The molecule has 1 saturated carbocycles. The fourth-order valence-corrected chi connectivity index (χ4v) is 7.57. The molecule has 1 aromatic heterocycles. The molecule has 2 bridgehead atoms. The van der Waals surface area contributed by atoms with E-state index in [0.717, 1.165) is 41.5 Å². The van der Waals surface area contributed by atoms with Crippen LogP contribution < -0.4 is 4.90 Å². The van der Waals surface area contributed by atoms with Crippen LogP contribution in [-0.4, -0.2) is 34.8 Å². The van der Waals surface area contributed by atoms with Crippen molar-refractivity contribution >= 4 is 28.7 Å². The Kier molecular flexibility index (Phi) is 3.65. The first kappa shape index (κ1) is 20.0. The van der Waals surface area contributed by atoms with Crippen LogP contribution in [0.4, 0.5) is 5.82 Å². The lowest BCUT2D eigenvalue weighted by Gasteiger charge is -2.52. The van der Waals surface area contributed by atoms with Crippen molar-refractivity contribution in [3.05, 3.63) is 35.9 Å². The molecule has 1 aliphatic carbocycles. The SMILES string of the molecule is CC1(C)C[C@H]2C[C@](C)(C1)[C@@H]1N2c2nc3ccccc3cc2CC12C(=O)OC(C)(C)OC2=O. The van der Waals surface area contributed by atoms with Crippen molar-refractivity contribution < 1.29 is 19.1 Å². The van der Waals surface area contributed by atoms with Gasteiger partial charge in [0, 0.05) is 31.7 Å². The number of hydrogen-bond acceptors (Lipinski definition) is 6. The van der Waals surface area contributed by atoms with Gasteiger partial charge in [0.1, 0.15) is 5.82 Å². The molecule has 0 N–H and O–H groups in total. The quantitative estimate of drug-likeness (QED) is 0.453.